The molecule has 0 unspecified atom stereocenters. The maximum Gasteiger partial charge on any atom is 0.175 e. The molecule has 0 spiro atoms. The lowest BCUT2D eigenvalue weighted by Gasteiger charge is -2.50. The number of benzene rings is 1. The number of azide groups is 1. The number of hydrogen-bond donors (Lipinski definition) is 1. The summed E-state index contributed by atoms with van der Waals surface area (Å²) in [7, 11) is 0. The SMILES string of the molecule is C[C@@H]1[C@@H](CCc2ccccc2)O[C@@]1(CO)N=[N+]=[N-]. The van der Waals surface area contributed by atoms with E-state index in [1.165, 1.54) is 5.56 Å². The van der Waals surface area contributed by atoms with Crippen molar-refractivity contribution in [1.82, 2.24) is 0 Å². The van der Waals surface area contributed by atoms with Gasteiger partial charge in [0.2, 0.25) is 0 Å². The van der Waals surface area contributed by atoms with E-state index in [4.69, 9.17) is 10.3 Å². The molecule has 1 aliphatic rings. The third kappa shape index (κ3) is 2.34. The van der Waals surface area contributed by atoms with Crippen LogP contribution in [0.15, 0.2) is 35.4 Å². The summed E-state index contributed by atoms with van der Waals surface area (Å²) in [6, 6.07) is 10.2. The van der Waals surface area contributed by atoms with Gasteiger partial charge in [-0.3, -0.25) is 0 Å². The molecule has 96 valence electrons. The number of aliphatic hydroxyl groups excluding tert-OH is 1. The van der Waals surface area contributed by atoms with E-state index in [1.807, 2.05) is 25.1 Å². The minimum absolute atomic E-state index is 0.0436. The summed E-state index contributed by atoms with van der Waals surface area (Å²) in [6.45, 7) is 1.68. The number of nitrogens with zero attached hydrogens (tertiary/aromatic N) is 3. The average molecular weight is 247 g/mol. The third-order valence-corrected chi connectivity index (χ3v) is 3.63. The molecular weight excluding hydrogens is 230 g/mol. The second-order valence-corrected chi connectivity index (χ2v) is 4.66. The Balaban J connectivity index is 1.89. The van der Waals surface area contributed by atoms with Crippen molar-refractivity contribution in [2.24, 2.45) is 11.0 Å². The summed E-state index contributed by atoms with van der Waals surface area (Å²) in [5.41, 5.74) is 8.69. The van der Waals surface area contributed by atoms with Crippen LogP contribution in [0.25, 0.3) is 10.4 Å². The van der Waals surface area contributed by atoms with Crippen molar-refractivity contribution in [1.29, 1.82) is 0 Å². The van der Waals surface area contributed by atoms with Gasteiger partial charge in [-0.1, -0.05) is 42.4 Å². The standard InChI is InChI=1S/C13H17N3O2/c1-10-12(18-13(10,9-17)15-16-14)8-7-11-5-3-2-4-6-11/h2-6,10,12,17H,7-9H2,1H3/t10-,12-,13-/m1/s1. The van der Waals surface area contributed by atoms with Crippen LogP contribution in [0, 0.1) is 5.92 Å². The Morgan fingerprint density at radius 1 is 1.44 bits per heavy atom. The zero-order chi connectivity index (χ0) is 13.0. The predicted molar refractivity (Wildman–Crippen MR) is 67.8 cm³/mol. The van der Waals surface area contributed by atoms with Crippen LogP contribution >= 0.6 is 0 Å². The molecule has 3 atom stereocenters. The van der Waals surface area contributed by atoms with E-state index in [1.54, 1.807) is 0 Å². The van der Waals surface area contributed by atoms with Crippen LogP contribution in [0.4, 0.5) is 0 Å². The van der Waals surface area contributed by atoms with Crippen LogP contribution in [-0.2, 0) is 11.2 Å². The molecule has 2 rings (SSSR count). The van der Waals surface area contributed by atoms with Gasteiger partial charge in [0.25, 0.3) is 0 Å². The molecule has 0 amide bonds. The summed E-state index contributed by atoms with van der Waals surface area (Å²) in [5.74, 6) is 0.0436. The number of aliphatic hydroxyl groups is 1. The van der Waals surface area contributed by atoms with Crippen molar-refractivity contribution in [3.63, 3.8) is 0 Å². The van der Waals surface area contributed by atoms with Crippen molar-refractivity contribution < 1.29 is 9.84 Å². The van der Waals surface area contributed by atoms with Gasteiger partial charge in [0.1, 0.15) is 0 Å². The first kappa shape index (κ1) is 12.9. The number of hydrogen-bond acceptors (Lipinski definition) is 3. The topological polar surface area (TPSA) is 78.2 Å². The summed E-state index contributed by atoms with van der Waals surface area (Å²) in [4.78, 5) is 2.74. The van der Waals surface area contributed by atoms with Gasteiger partial charge in [-0.25, -0.2) is 0 Å². The first-order chi connectivity index (χ1) is 8.72. The third-order valence-electron chi connectivity index (χ3n) is 3.63. The first-order valence-corrected chi connectivity index (χ1v) is 6.11. The predicted octanol–water partition coefficient (Wildman–Crippen LogP) is 2.65. The highest BCUT2D eigenvalue weighted by molar-refractivity contribution is 5.15. The van der Waals surface area contributed by atoms with E-state index in [-0.39, 0.29) is 18.6 Å². The van der Waals surface area contributed by atoms with Crippen LogP contribution in [-0.4, -0.2) is 23.5 Å². The van der Waals surface area contributed by atoms with E-state index < -0.39 is 5.72 Å². The average Bonchev–Trinajstić information content (AvgIpc) is 2.42. The molecule has 1 aliphatic heterocycles. The lowest BCUT2D eigenvalue weighted by atomic mass is 9.83. The second-order valence-electron chi connectivity index (χ2n) is 4.66. The molecule has 18 heavy (non-hydrogen) atoms. The normalized spacial score (nSPS) is 30.3. The van der Waals surface area contributed by atoms with Crippen LogP contribution in [0.2, 0.25) is 0 Å². The molecule has 0 aliphatic carbocycles. The van der Waals surface area contributed by atoms with Gasteiger partial charge in [-0.15, -0.1) is 0 Å². The Morgan fingerprint density at radius 3 is 2.72 bits per heavy atom. The highest BCUT2D eigenvalue weighted by Gasteiger charge is 2.51. The van der Waals surface area contributed by atoms with Crippen molar-refractivity contribution in [3.8, 4) is 0 Å². The summed E-state index contributed by atoms with van der Waals surface area (Å²) >= 11 is 0. The molecule has 5 nitrogen and oxygen atoms in total. The largest absolute Gasteiger partial charge is 0.393 e. The van der Waals surface area contributed by atoms with Crippen LogP contribution < -0.4 is 0 Å². The monoisotopic (exact) mass is 247 g/mol. The minimum Gasteiger partial charge on any atom is -0.393 e. The van der Waals surface area contributed by atoms with Crippen LogP contribution in [0.5, 0.6) is 0 Å². The van der Waals surface area contributed by atoms with Gasteiger partial charge < -0.3 is 9.84 Å². The molecule has 0 radical (unpaired) electrons. The summed E-state index contributed by atoms with van der Waals surface area (Å²) in [6.07, 6.45) is 1.84. The number of ether oxygens (including phenoxy) is 1. The Labute approximate surface area is 106 Å². The summed E-state index contributed by atoms with van der Waals surface area (Å²) < 4.78 is 5.58. The number of aryl methyl sites for hydroxylation is 1. The van der Waals surface area contributed by atoms with Crippen LogP contribution in [0.3, 0.4) is 0 Å². The summed E-state index contributed by atoms with van der Waals surface area (Å²) in [5, 5.41) is 12.8. The van der Waals surface area contributed by atoms with E-state index in [0.29, 0.717) is 0 Å². The first-order valence-electron chi connectivity index (χ1n) is 6.11. The van der Waals surface area contributed by atoms with E-state index in [9.17, 15) is 5.11 Å². The molecule has 1 saturated heterocycles. The molecule has 1 fully saturated rings. The molecule has 0 saturated carbocycles. The van der Waals surface area contributed by atoms with Crippen molar-refractivity contribution >= 4 is 0 Å². The molecule has 1 N–H and O–H groups in total. The molecule has 1 aromatic rings. The van der Waals surface area contributed by atoms with Crippen molar-refractivity contribution in [2.45, 2.75) is 31.6 Å². The molecule has 1 heterocycles. The van der Waals surface area contributed by atoms with Crippen molar-refractivity contribution in [2.75, 3.05) is 6.61 Å². The minimum atomic E-state index is -1.05. The maximum absolute atomic E-state index is 9.25. The molecular formula is C13H17N3O2. The zero-order valence-electron chi connectivity index (χ0n) is 10.4. The fourth-order valence-corrected chi connectivity index (χ4v) is 2.36. The van der Waals surface area contributed by atoms with Gasteiger partial charge in [-0.2, -0.15) is 0 Å². The Hall–Kier alpha value is -1.55. The van der Waals surface area contributed by atoms with Gasteiger partial charge in [0.15, 0.2) is 5.72 Å². The lowest BCUT2D eigenvalue weighted by molar-refractivity contribution is -0.267. The van der Waals surface area contributed by atoms with Gasteiger partial charge in [0, 0.05) is 10.8 Å². The van der Waals surface area contributed by atoms with E-state index in [0.717, 1.165) is 12.8 Å². The van der Waals surface area contributed by atoms with E-state index >= 15 is 0 Å². The Bertz CT molecular complexity index is 445. The fraction of sp³-hybridized carbons (Fsp3) is 0.538. The Morgan fingerprint density at radius 2 is 2.17 bits per heavy atom. The molecule has 5 heteroatoms. The fourth-order valence-electron chi connectivity index (χ4n) is 2.36. The van der Waals surface area contributed by atoms with Gasteiger partial charge in [0.05, 0.1) is 12.7 Å². The van der Waals surface area contributed by atoms with Crippen molar-refractivity contribution in [3.05, 3.63) is 46.3 Å². The number of rotatable bonds is 5. The van der Waals surface area contributed by atoms with Gasteiger partial charge in [-0.05, 0) is 23.9 Å². The maximum atomic E-state index is 9.25. The molecule has 1 aromatic carbocycles. The zero-order valence-corrected chi connectivity index (χ0v) is 10.4. The van der Waals surface area contributed by atoms with Gasteiger partial charge >= 0.3 is 0 Å². The Kier molecular flexibility index (Phi) is 3.87. The lowest BCUT2D eigenvalue weighted by Crippen LogP contribution is -2.59. The highest BCUT2D eigenvalue weighted by atomic mass is 16.6. The highest BCUT2D eigenvalue weighted by Crippen LogP contribution is 2.42. The molecule has 0 bridgehead atoms. The quantitative estimate of drug-likeness (QED) is 0.493. The van der Waals surface area contributed by atoms with E-state index in [2.05, 4.69) is 22.2 Å². The van der Waals surface area contributed by atoms with Crippen LogP contribution in [0.1, 0.15) is 18.9 Å². The molecule has 0 aromatic heterocycles. The smallest absolute Gasteiger partial charge is 0.175 e. The second kappa shape index (κ2) is 5.40.